The number of unbranched alkanes of at least 4 members (excludes halogenated alkanes) is 30. The molecule has 0 aromatic carbocycles. The van der Waals surface area contributed by atoms with E-state index in [2.05, 4.69) is 31.3 Å². The summed E-state index contributed by atoms with van der Waals surface area (Å²) in [7, 11) is 1.61. The topological polar surface area (TPSA) is 105 Å². The second-order valence-corrected chi connectivity index (χ2v) is 19.6. The molecule has 0 rings (SSSR count). The minimum Gasteiger partial charge on any atom is -0.391 e. The van der Waals surface area contributed by atoms with Crippen molar-refractivity contribution in [3.05, 3.63) is 12.2 Å². The Labute approximate surface area is 354 Å². The summed E-state index contributed by atoms with van der Waals surface area (Å²) in [4.78, 5) is 23.2. The number of allylic oxidation sites excluding steroid dienone is 2. The summed E-state index contributed by atoms with van der Waals surface area (Å²) < 4.78 is 23.7. The van der Waals surface area contributed by atoms with Gasteiger partial charge in [-0.15, -0.1) is 0 Å². The molecule has 1 unspecified atom stereocenters. The number of amides is 1. The maximum absolute atomic E-state index is 12.9. The molecule has 0 aromatic heterocycles. The summed E-state index contributed by atoms with van der Waals surface area (Å²) in [6.45, 7) is 4.89. The molecule has 0 spiro atoms. The Balaban J connectivity index is 4.31. The van der Waals surface area contributed by atoms with Gasteiger partial charge in [-0.05, 0) is 38.5 Å². The lowest BCUT2D eigenvalue weighted by Gasteiger charge is -2.26. The molecule has 0 fully saturated rings. The number of hydrogen-bond donors (Lipinski definition) is 3. The van der Waals surface area contributed by atoms with Crippen LogP contribution in [0.4, 0.5) is 0 Å². The minimum absolute atomic E-state index is 0.0724. The molecule has 340 valence electrons. The molecule has 0 radical (unpaired) electrons. The van der Waals surface area contributed by atoms with Crippen molar-refractivity contribution < 1.29 is 32.9 Å². The smallest absolute Gasteiger partial charge is 0.391 e. The Morgan fingerprint density at radius 1 is 0.579 bits per heavy atom. The number of hydrogen-bond acceptors (Lipinski definition) is 5. The van der Waals surface area contributed by atoms with Gasteiger partial charge < -0.3 is 19.8 Å². The van der Waals surface area contributed by atoms with E-state index in [0.717, 1.165) is 44.9 Å². The van der Waals surface area contributed by atoms with E-state index >= 15 is 0 Å². The maximum atomic E-state index is 12.9. The van der Waals surface area contributed by atoms with Crippen LogP contribution in [0.15, 0.2) is 12.2 Å². The summed E-state index contributed by atoms with van der Waals surface area (Å²) in [6, 6.07) is -0.771. The van der Waals surface area contributed by atoms with Gasteiger partial charge in [0, 0.05) is 6.42 Å². The third-order valence-corrected chi connectivity index (χ3v) is 12.2. The predicted molar refractivity (Wildman–Crippen MR) is 245 cm³/mol. The van der Waals surface area contributed by atoms with Crippen LogP contribution in [0.25, 0.3) is 0 Å². The molecule has 0 aliphatic rings. The second kappa shape index (κ2) is 40.6. The number of likely N-dealkylation sites (N-methyl/N-ethyl adjacent to an activating group) is 1. The van der Waals surface area contributed by atoms with Crippen LogP contribution in [0, 0.1) is 0 Å². The zero-order valence-corrected chi connectivity index (χ0v) is 39.5. The lowest BCUT2D eigenvalue weighted by molar-refractivity contribution is -0.870. The number of quaternary nitrogens is 1. The molecule has 57 heavy (non-hydrogen) atoms. The molecule has 0 bridgehead atoms. The van der Waals surface area contributed by atoms with Crippen molar-refractivity contribution in [1.29, 1.82) is 0 Å². The number of phosphoric ester groups is 1. The van der Waals surface area contributed by atoms with Crippen LogP contribution >= 0.6 is 7.82 Å². The van der Waals surface area contributed by atoms with E-state index in [1.165, 1.54) is 167 Å². The number of carbonyl (C=O) groups is 1. The number of rotatable bonds is 45. The Bertz CT molecular complexity index is 942. The van der Waals surface area contributed by atoms with Crippen molar-refractivity contribution in [3.8, 4) is 0 Å². The number of carbonyl (C=O) groups excluding carboxylic acids is 1. The highest BCUT2D eigenvalue weighted by molar-refractivity contribution is 7.47. The molecule has 1 amide bonds. The van der Waals surface area contributed by atoms with Gasteiger partial charge in [0.2, 0.25) is 5.91 Å². The molecule has 0 aliphatic carbocycles. The van der Waals surface area contributed by atoms with Gasteiger partial charge in [-0.3, -0.25) is 13.8 Å². The van der Waals surface area contributed by atoms with Crippen molar-refractivity contribution >= 4 is 13.7 Å². The van der Waals surface area contributed by atoms with E-state index < -0.39 is 20.0 Å². The first-order chi connectivity index (χ1) is 27.5. The first-order valence-electron chi connectivity index (χ1n) is 24.6. The molecule has 3 N–H and O–H groups in total. The van der Waals surface area contributed by atoms with Gasteiger partial charge in [0.25, 0.3) is 0 Å². The fraction of sp³-hybridized carbons (Fsp3) is 0.938. The second-order valence-electron chi connectivity index (χ2n) is 18.2. The van der Waals surface area contributed by atoms with E-state index in [0.29, 0.717) is 23.9 Å². The van der Waals surface area contributed by atoms with Crippen molar-refractivity contribution in [1.82, 2.24) is 5.32 Å². The van der Waals surface area contributed by atoms with Crippen LogP contribution in [0.5, 0.6) is 0 Å². The van der Waals surface area contributed by atoms with Crippen molar-refractivity contribution in [2.24, 2.45) is 0 Å². The summed E-state index contributed by atoms with van der Waals surface area (Å²) in [6.07, 6.45) is 46.7. The van der Waals surface area contributed by atoms with E-state index in [1.54, 1.807) is 0 Å². The standard InChI is InChI=1S/C48H97N2O6P/c1-6-8-10-12-14-16-18-20-22-24-26-28-30-32-34-36-38-40-42-48(52)49-46(45-56-57(53,54)55-44-43-50(3,4)5)47(51)41-39-37-35-33-31-29-27-25-23-21-19-17-15-13-11-9-7-2/h31,33,46-47,51H,6-30,32,34-45H2,1-5H3,(H-,49,52,53,54)/p+1/b33-31+/t46-,47+/m0/s1. The SMILES string of the molecule is CCCCCCCCCCCCC/C=C/CCCC[C@@H](O)[C@H](COP(=O)(O)OCC[N+](C)(C)C)NC(=O)CCCCCCCCCCCCCCCCCCCC. The van der Waals surface area contributed by atoms with Gasteiger partial charge in [-0.1, -0.05) is 206 Å². The van der Waals surface area contributed by atoms with E-state index in [9.17, 15) is 19.4 Å². The zero-order valence-electron chi connectivity index (χ0n) is 38.6. The van der Waals surface area contributed by atoms with Crippen LogP contribution < -0.4 is 5.32 Å². The highest BCUT2D eigenvalue weighted by Crippen LogP contribution is 2.43. The lowest BCUT2D eigenvalue weighted by atomic mass is 10.0. The van der Waals surface area contributed by atoms with Crippen LogP contribution in [-0.2, 0) is 18.4 Å². The van der Waals surface area contributed by atoms with Crippen LogP contribution in [0.3, 0.4) is 0 Å². The van der Waals surface area contributed by atoms with E-state index in [1.807, 2.05) is 21.1 Å². The minimum atomic E-state index is -4.32. The third kappa shape index (κ3) is 43.1. The molecular weight excluding hydrogens is 732 g/mol. The van der Waals surface area contributed by atoms with Gasteiger partial charge in [0.05, 0.1) is 39.9 Å². The quantitative estimate of drug-likeness (QED) is 0.0244. The normalized spacial score (nSPS) is 14.3. The number of nitrogens with zero attached hydrogens (tertiary/aromatic N) is 1. The number of phosphoric acid groups is 1. The monoisotopic (exact) mass is 830 g/mol. The lowest BCUT2D eigenvalue weighted by Crippen LogP contribution is -2.46. The van der Waals surface area contributed by atoms with E-state index in [4.69, 9.17) is 9.05 Å². The molecule has 0 heterocycles. The van der Waals surface area contributed by atoms with Crippen LogP contribution in [-0.4, -0.2) is 73.4 Å². The highest BCUT2D eigenvalue weighted by Gasteiger charge is 2.28. The summed E-state index contributed by atoms with van der Waals surface area (Å²) >= 11 is 0. The number of nitrogens with one attached hydrogen (secondary N) is 1. The molecule has 8 nitrogen and oxygen atoms in total. The van der Waals surface area contributed by atoms with Gasteiger partial charge in [0.15, 0.2) is 0 Å². The average Bonchev–Trinajstić information content (AvgIpc) is 3.16. The van der Waals surface area contributed by atoms with Gasteiger partial charge in [-0.2, -0.15) is 0 Å². The number of aliphatic hydroxyl groups excluding tert-OH is 1. The van der Waals surface area contributed by atoms with Gasteiger partial charge in [-0.25, -0.2) is 4.57 Å². The maximum Gasteiger partial charge on any atom is 0.472 e. The highest BCUT2D eigenvalue weighted by atomic mass is 31.2. The third-order valence-electron chi connectivity index (χ3n) is 11.3. The van der Waals surface area contributed by atoms with Crippen LogP contribution in [0.1, 0.15) is 239 Å². The fourth-order valence-electron chi connectivity index (χ4n) is 7.34. The molecule has 0 saturated carbocycles. The first kappa shape index (κ1) is 56.2. The Hall–Kier alpha value is -0.760. The predicted octanol–water partition coefficient (Wildman–Crippen LogP) is 13.9. The van der Waals surface area contributed by atoms with E-state index in [-0.39, 0.29) is 19.1 Å². The van der Waals surface area contributed by atoms with Gasteiger partial charge in [0.1, 0.15) is 13.2 Å². The summed E-state index contributed by atoms with van der Waals surface area (Å²) in [5.74, 6) is -0.150. The number of aliphatic hydroxyl groups is 1. The molecule has 3 atom stereocenters. The van der Waals surface area contributed by atoms with Crippen LogP contribution in [0.2, 0.25) is 0 Å². The van der Waals surface area contributed by atoms with Crippen molar-refractivity contribution in [3.63, 3.8) is 0 Å². The largest absolute Gasteiger partial charge is 0.472 e. The molecule has 0 saturated heterocycles. The first-order valence-corrected chi connectivity index (χ1v) is 26.0. The molecule has 0 aliphatic heterocycles. The molecule has 9 heteroatoms. The van der Waals surface area contributed by atoms with Crippen molar-refractivity contribution in [2.45, 2.75) is 251 Å². The Kier molecular flexibility index (Phi) is 40.1. The molecular formula is C48H98N2O6P+. The summed E-state index contributed by atoms with van der Waals surface area (Å²) in [5, 5.41) is 14.0. The summed E-state index contributed by atoms with van der Waals surface area (Å²) in [5.41, 5.74) is 0. The fourth-order valence-corrected chi connectivity index (χ4v) is 8.07. The Morgan fingerprint density at radius 2 is 0.947 bits per heavy atom. The van der Waals surface area contributed by atoms with Crippen molar-refractivity contribution in [2.75, 3.05) is 40.9 Å². The molecule has 0 aromatic rings. The zero-order chi connectivity index (χ0) is 42.1. The average molecular weight is 830 g/mol. The Morgan fingerprint density at radius 3 is 1.35 bits per heavy atom. The van der Waals surface area contributed by atoms with Gasteiger partial charge >= 0.3 is 7.82 Å².